The predicted molar refractivity (Wildman–Crippen MR) is 106 cm³/mol. The van der Waals surface area contributed by atoms with E-state index < -0.39 is 11.9 Å². The summed E-state index contributed by atoms with van der Waals surface area (Å²) in [5.41, 5.74) is 2.16. The second kappa shape index (κ2) is 8.88. The van der Waals surface area contributed by atoms with Gasteiger partial charge in [-0.2, -0.15) is 8.78 Å². The van der Waals surface area contributed by atoms with Gasteiger partial charge in [0, 0.05) is 7.05 Å². The van der Waals surface area contributed by atoms with Crippen molar-refractivity contribution >= 4 is 23.4 Å². The average Bonchev–Trinajstić information content (AvgIpc) is 3.04. The average molecular weight is 403 g/mol. The number of nitrogens with one attached hydrogen (secondary N) is 1. The minimum Gasteiger partial charge on any atom is -0.433 e. The van der Waals surface area contributed by atoms with Crippen LogP contribution in [0, 0.1) is 0 Å². The van der Waals surface area contributed by atoms with Crippen molar-refractivity contribution in [3.8, 4) is 17.0 Å². The highest BCUT2D eigenvalue weighted by atomic mass is 32.2. The molecule has 0 bridgehead atoms. The Kier molecular flexibility index (Phi) is 6.30. The molecule has 28 heavy (non-hydrogen) atoms. The number of nitrogens with zero attached hydrogens (tertiary/aromatic N) is 2. The first-order valence-electron chi connectivity index (χ1n) is 8.54. The molecule has 0 spiro atoms. The molecular weight excluding hydrogens is 384 g/mol. The van der Waals surface area contributed by atoms with Crippen LogP contribution in [0.15, 0.2) is 66.0 Å². The maximum Gasteiger partial charge on any atom is 0.387 e. The van der Waals surface area contributed by atoms with Gasteiger partial charge in [-0.05, 0) is 24.6 Å². The Morgan fingerprint density at radius 1 is 1.14 bits per heavy atom. The van der Waals surface area contributed by atoms with Crippen molar-refractivity contribution in [1.29, 1.82) is 0 Å². The number of amides is 1. The number of hydrogen-bond donors (Lipinski definition) is 1. The molecule has 0 saturated heterocycles. The zero-order valence-corrected chi connectivity index (χ0v) is 16.1. The van der Waals surface area contributed by atoms with Gasteiger partial charge >= 0.3 is 6.61 Å². The van der Waals surface area contributed by atoms with Gasteiger partial charge in [0.1, 0.15) is 5.75 Å². The number of hydrogen-bond acceptors (Lipinski definition) is 4. The summed E-state index contributed by atoms with van der Waals surface area (Å²) in [5.74, 6) is -0.411. The van der Waals surface area contributed by atoms with Crippen molar-refractivity contribution in [2.75, 3.05) is 5.32 Å². The molecule has 0 fully saturated rings. The first-order valence-corrected chi connectivity index (χ1v) is 9.42. The minimum atomic E-state index is -2.96. The number of thioether (sulfide) groups is 1. The van der Waals surface area contributed by atoms with E-state index >= 15 is 0 Å². The molecule has 0 aliphatic heterocycles. The maximum atomic E-state index is 12.5. The van der Waals surface area contributed by atoms with Gasteiger partial charge in [0.25, 0.3) is 0 Å². The number of alkyl halides is 2. The molecule has 3 aromatic rings. The van der Waals surface area contributed by atoms with Gasteiger partial charge < -0.3 is 14.6 Å². The van der Waals surface area contributed by atoms with Crippen LogP contribution in [0.2, 0.25) is 0 Å². The third-order valence-electron chi connectivity index (χ3n) is 4.03. The van der Waals surface area contributed by atoms with Crippen LogP contribution in [0.5, 0.6) is 5.75 Å². The Balaban J connectivity index is 1.70. The molecule has 0 radical (unpaired) electrons. The molecule has 0 saturated carbocycles. The van der Waals surface area contributed by atoms with Crippen molar-refractivity contribution in [2.45, 2.75) is 23.9 Å². The number of ether oxygens (including phenoxy) is 1. The number of carbonyl (C=O) groups excluding carboxylic acids is 1. The van der Waals surface area contributed by atoms with Gasteiger partial charge in [0.2, 0.25) is 5.91 Å². The Morgan fingerprint density at radius 3 is 2.54 bits per heavy atom. The maximum absolute atomic E-state index is 12.5. The molecule has 5 nitrogen and oxygen atoms in total. The van der Waals surface area contributed by atoms with E-state index in [1.807, 2.05) is 41.9 Å². The topological polar surface area (TPSA) is 56.2 Å². The zero-order valence-electron chi connectivity index (χ0n) is 15.3. The molecule has 1 aromatic heterocycles. The number of imidazole rings is 1. The number of halogens is 2. The van der Waals surface area contributed by atoms with Gasteiger partial charge in [-0.25, -0.2) is 4.98 Å². The number of aromatic nitrogens is 2. The molecule has 0 aliphatic carbocycles. The molecule has 8 heteroatoms. The smallest absolute Gasteiger partial charge is 0.387 e. The van der Waals surface area contributed by atoms with Crippen LogP contribution < -0.4 is 10.1 Å². The van der Waals surface area contributed by atoms with Crippen LogP contribution in [0.3, 0.4) is 0 Å². The van der Waals surface area contributed by atoms with Crippen LogP contribution in [-0.4, -0.2) is 27.3 Å². The molecule has 3 rings (SSSR count). The largest absolute Gasteiger partial charge is 0.433 e. The molecule has 1 atom stereocenters. The summed E-state index contributed by atoms with van der Waals surface area (Å²) in [6, 6.07) is 15.9. The minimum absolute atomic E-state index is 0.0774. The molecule has 1 unspecified atom stereocenters. The monoisotopic (exact) mass is 403 g/mol. The molecule has 1 amide bonds. The lowest BCUT2D eigenvalue weighted by molar-refractivity contribution is -0.115. The Morgan fingerprint density at radius 2 is 1.82 bits per heavy atom. The number of benzene rings is 2. The summed E-state index contributed by atoms with van der Waals surface area (Å²) in [5, 5.41) is 2.82. The predicted octanol–water partition coefficient (Wildman–Crippen LogP) is 4.81. The van der Waals surface area contributed by atoms with Gasteiger partial charge in [0.15, 0.2) is 5.16 Å². The number of rotatable bonds is 7. The Bertz CT molecular complexity index is 948. The summed E-state index contributed by atoms with van der Waals surface area (Å²) in [6.45, 7) is -1.23. The highest BCUT2D eigenvalue weighted by Gasteiger charge is 2.20. The lowest BCUT2D eigenvalue weighted by Gasteiger charge is -2.15. The van der Waals surface area contributed by atoms with E-state index in [4.69, 9.17) is 0 Å². The summed E-state index contributed by atoms with van der Waals surface area (Å²) in [6.07, 6.45) is 1.76. The molecular formula is C20H19F2N3O2S. The van der Waals surface area contributed by atoms with Crippen molar-refractivity contribution in [2.24, 2.45) is 7.05 Å². The lowest BCUT2D eigenvalue weighted by atomic mass is 10.2. The van der Waals surface area contributed by atoms with Crippen molar-refractivity contribution in [3.63, 3.8) is 0 Å². The van der Waals surface area contributed by atoms with Crippen molar-refractivity contribution < 1.29 is 18.3 Å². The second-order valence-corrected chi connectivity index (χ2v) is 7.28. The molecule has 0 aliphatic rings. The van der Waals surface area contributed by atoms with Crippen molar-refractivity contribution in [1.82, 2.24) is 9.55 Å². The van der Waals surface area contributed by atoms with Crippen molar-refractivity contribution in [3.05, 3.63) is 60.8 Å². The lowest BCUT2D eigenvalue weighted by Crippen LogP contribution is -2.23. The van der Waals surface area contributed by atoms with E-state index in [9.17, 15) is 13.6 Å². The first-order chi connectivity index (χ1) is 13.5. The fraction of sp³-hybridized carbons (Fsp3) is 0.200. The molecule has 1 heterocycles. The SMILES string of the molecule is CC(Sc1ncc(-c2ccccc2)n1C)C(=O)Nc1ccccc1OC(F)F. The van der Waals surface area contributed by atoms with E-state index in [0.717, 1.165) is 11.3 Å². The molecule has 2 aromatic carbocycles. The first kappa shape index (κ1) is 19.9. The van der Waals surface area contributed by atoms with Crippen LogP contribution in [0.25, 0.3) is 11.3 Å². The van der Waals surface area contributed by atoms with E-state index in [1.165, 1.54) is 23.9 Å². The van der Waals surface area contributed by atoms with E-state index in [2.05, 4.69) is 15.0 Å². The van der Waals surface area contributed by atoms with E-state index in [1.54, 1.807) is 25.3 Å². The van der Waals surface area contributed by atoms with E-state index in [-0.39, 0.29) is 17.3 Å². The summed E-state index contributed by atoms with van der Waals surface area (Å²) in [4.78, 5) is 16.9. The quantitative estimate of drug-likeness (QED) is 0.576. The Labute approximate surface area is 165 Å². The van der Waals surface area contributed by atoms with E-state index in [0.29, 0.717) is 5.16 Å². The van der Waals surface area contributed by atoms with Crippen LogP contribution in [0.4, 0.5) is 14.5 Å². The van der Waals surface area contributed by atoms with Crippen LogP contribution >= 0.6 is 11.8 Å². The van der Waals surface area contributed by atoms with Gasteiger partial charge in [-0.3, -0.25) is 4.79 Å². The fourth-order valence-electron chi connectivity index (χ4n) is 2.59. The highest BCUT2D eigenvalue weighted by molar-refractivity contribution is 8.00. The zero-order chi connectivity index (χ0) is 20.1. The van der Waals surface area contributed by atoms with Gasteiger partial charge in [0.05, 0.1) is 22.8 Å². The standard InChI is InChI=1S/C20H19F2N3O2S/c1-13(18(26)24-15-10-6-7-11-17(15)27-19(21)22)28-20-23-12-16(25(20)2)14-8-4-3-5-9-14/h3-13,19H,1-2H3,(H,24,26). The summed E-state index contributed by atoms with van der Waals surface area (Å²) >= 11 is 1.28. The van der Waals surface area contributed by atoms with Gasteiger partial charge in [-0.1, -0.05) is 54.2 Å². The molecule has 1 N–H and O–H groups in total. The second-order valence-electron chi connectivity index (χ2n) is 5.98. The fourth-order valence-corrected chi connectivity index (χ4v) is 3.45. The molecule has 146 valence electrons. The number of carbonyl (C=O) groups is 1. The summed E-state index contributed by atoms with van der Waals surface area (Å²) in [7, 11) is 1.88. The third-order valence-corrected chi connectivity index (χ3v) is 5.19. The third kappa shape index (κ3) is 4.69. The number of para-hydroxylation sites is 2. The Hall–Kier alpha value is -2.87. The van der Waals surface area contributed by atoms with Gasteiger partial charge in [-0.15, -0.1) is 0 Å². The number of anilines is 1. The summed E-state index contributed by atoms with van der Waals surface area (Å²) < 4.78 is 31.4. The van der Waals surface area contributed by atoms with Crippen LogP contribution in [0.1, 0.15) is 6.92 Å². The normalized spacial score (nSPS) is 12.0. The highest BCUT2D eigenvalue weighted by Crippen LogP contribution is 2.30. The van der Waals surface area contributed by atoms with Crippen LogP contribution in [-0.2, 0) is 11.8 Å².